The van der Waals surface area contributed by atoms with Crippen LogP contribution in [0.3, 0.4) is 0 Å². The van der Waals surface area contributed by atoms with E-state index in [9.17, 15) is 9.90 Å². The monoisotopic (exact) mass is 452 g/mol. The van der Waals surface area contributed by atoms with Crippen molar-refractivity contribution in [3.8, 4) is 17.2 Å². The lowest BCUT2D eigenvalue weighted by Crippen LogP contribution is -2.54. The Bertz CT molecular complexity index is 1010. The van der Waals surface area contributed by atoms with E-state index in [4.69, 9.17) is 14.2 Å². The molecule has 178 valence electrons. The van der Waals surface area contributed by atoms with Crippen LogP contribution >= 0.6 is 0 Å². The zero-order valence-corrected chi connectivity index (χ0v) is 20.1. The van der Waals surface area contributed by atoms with E-state index in [1.165, 1.54) is 12.8 Å². The number of rotatable bonds is 2. The SMILES string of the molecule is COc1cc(/C=C2\C[C@H]3[C@@H]4CC[C@H]5C[C@@H](O)CC[C@]5(C)[C@H]4CC[C@]3(C)C2=O)cc2c1OCO2. The summed E-state index contributed by atoms with van der Waals surface area (Å²) in [5, 5.41) is 10.3. The van der Waals surface area contributed by atoms with Gasteiger partial charge in [0.1, 0.15) is 0 Å². The van der Waals surface area contributed by atoms with E-state index < -0.39 is 0 Å². The smallest absolute Gasteiger partial charge is 0.231 e. The third kappa shape index (κ3) is 3.10. The molecule has 0 saturated heterocycles. The Kier molecular flexibility index (Phi) is 4.89. The van der Waals surface area contributed by atoms with Crippen LogP contribution in [0.2, 0.25) is 0 Å². The predicted octanol–water partition coefficient (Wildman–Crippen LogP) is 5.39. The Labute approximate surface area is 196 Å². The van der Waals surface area contributed by atoms with Gasteiger partial charge < -0.3 is 19.3 Å². The minimum absolute atomic E-state index is 0.116. The van der Waals surface area contributed by atoms with Crippen LogP contribution in [0.4, 0.5) is 0 Å². The number of ether oxygens (including phenoxy) is 3. The molecule has 7 atom stereocenters. The summed E-state index contributed by atoms with van der Waals surface area (Å²) in [5.41, 5.74) is 1.97. The molecule has 0 aromatic heterocycles. The van der Waals surface area contributed by atoms with Gasteiger partial charge in [0.15, 0.2) is 17.3 Å². The van der Waals surface area contributed by atoms with Crippen LogP contribution < -0.4 is 14.2 Å². The van der Waals surface area contributed by atoms with E-state index in [2.05, 4.69) is 19.9 Å². The number of ketones is 1. The Balaban J connectivity index is 1.31. The van der Waals surface area contributed by atoms with E-state index in [-0.39, 0.29) is 18.3 Å². The number of fused-ring (bicyclic) bond motifs is 6. The first kappa shape index (κ1) is 21.5. The number of hydrogen-bond donors (Lipinski definition) is 1. The third-order valence-electron chi connectivity index (χ3n) is 10.3. The van der Waals surface area contributed by atoms with Crippen molar-refractivity contribution in [1.82, 2.24) is 0 Å². The van der Waals surface area contributed by atoms with Crippen molar-refractivity contribution in [2.75, 3.05) is 13.9 Å². The number of hydrogen-bond acceptors (Lipinski definition) is 5. The van der Waals surface area contributed by atoms with E-state index in [1.807, 2.05) is 12.1 Å². The third-order valence-corrected chi connectivity index (χ3v) is 10.3. The van der Waals surface area contributed by atoms with Gasteiger partial charge in [0.05, 0.1) is 13.2 Å². The fraction of sp³-hybridized carbons (Fsp3) is 0.679. The van der Waals surface area contributed by atoms with E-state index >= 15 is 0 Å². The molecule has 4 fully saturated rings. The molecule has 0 amide bonds. The summed E-state index contributed by atoms with van der Waals surface area (Å²) in [5.74, 6) is 4.67. The highest BCUT2D eigenvalue weighted by atomic mass is 16.7. The molecule has 0 spiro atoms. The largest absolute Gasteiger partial charge is 0.493 e. The molecule has 33 heavy (non-hydrogen) atoms. The van der Waals surface area contributed by atoms with Crippen molar-refractivity contribution in [3.05, 3.63) is 23.3 Å². The molecule has 1 aromatic carbocycles. The fourth-order valence-electron chi connectivity index (χ4n) is 8.47. The minimum atomic E-state index is -0.245. The van der Waals surface area contributed by atoms with Crippen LogP contribution in [-0.4, -0.2) is 30.9 Å². The molecule has 1 aromatic rings. The summed E-state index contributed by atoms with van der Waals surface area (Å²) in [6.45, 7) is 4.93. The lowest BCUT2D eigenvalue weighted by Gasteiger charge is -2.59. The van der Waals surface area contributed by atoms with E-state index in [1.54, 1.807) is 7.11 Å². The highest BCUT2D eigenvalue weighted by Crippen LogP contribution is 2.66. The fourth-order valence-corrected chi connectivity index (χ4v) is 8.47. The molecule has 0 bridgehead atoms. The maximum atomic E-state index is 13.7. The van der Waals surface area contributed by atoms with Crippen molar-refractivity contribution in [2.24, 2.45) is 34.5 Å². The summed E-state index contributed by atoms with van der Waals surface area (Å²) in [4.78, 5) is 13.7. The van der Waals surface area contributed by atoms with Crippen molar-refractivity contribution in [1.29, 1.82) is 0 Å². The van der Waals surface area contributed by atoms with Crippen molar-refractivity contribution in [2.45, 2.75) is 71.3 Å². The molecule has 1 heterocycles. The maximum Gasteiger partial charge on any atom is 0.231 e. The van der Waals surface area contributed by atoms with E-state index in [0.29, 0.717) is 52.1 Å². The molecule has 5 aliphatic rings. The van der Waals surface area contributed by atoms with Crippen molar-refractivity contribution >= 4 is 11.9 Å². The van der Waals surface area contributed by atoms with Gasteiger partial charge in [-0.1, -0.05) is 13.8 Å². The molecular weight excluding hydrogens is 416 g/mol. The summed E-state index contributed by atoms with van der Waals surface area (Å²) < 4.78 is 16.6. The number of benzene rings is 1. The van der Waals surface area contributed by atoms with Gasteiger partial charge in [0.2, 0.25) is 12.5 Å². The van der Waals surface area contributed by atoms with Crippen molar-refractivity contribution in [3.63, 3.8) is 0 Å². The van der Waals surface area contributed by atoms with E-state index in [0.717, 1.165) is 49.7 Å². The highest BCUT2D eigenvalue weighted by Gasteiger charge is 2.61. The Morgan fingerprint density at radius 1 is 1.09 bits per heavy atom. The van der Waals surface area contributed by atoms with Gasteiger partial charge in [-0.3, -0.25) is 4.79 Å². The normalized spacial score (nSPS) is 42.6. The minimum Gasteiger partial charge on any atom is -0.493 e. The zero-order chi connectivity index (χ0) is 23.0. The van der Waals surface area contributed by atoms with Gasteiger partial charge in [0.25, 0.3) is 0 Å². The highest BCUT2D eigenvalue weighted by molar-refractivity contribution is 6.06. The number of Topliss-reactive ketones (excluding diaryl/α,β-unsaturated/α-hetero) is 1. The number of aliphatic hydroxyl groups is 1. The summed E-state index contributed by atoms with van der Waals surface area (Å²) >= 11 is 0. The predicted molar refractivity (Wildman–Crippen MR) is 125 cm³/mol. The van der Waals surface area contributed by atoms with Gasteiger partial charge >= 0.3 is 0 Å². The van der Waals surface area contributed by atoms with Gasteiger partial charge in [-0.25, -0.2) is 0 Å². The first-order valence-electron chi connectivity index (χ1n) is 12.7. The second-order valence-electron chi connectivity index (χ2n) is 11.7. The number of carbonyl (C=O) groups is 1. The summed E-state index contributed by atoms with van der Waals surface area (Å²) in [6, 6.07) is 3.90. The first-order valence-corrected chi connectivity index (χ1v) is 12.7. The van der Waals surface area contributed by atoms with Crippen LogP contribution in [0.25, 0.3) is 6.08 Å². The van der Waals surface area contributed by atoms with Crippen molar-refractivity contribution < 1.29 is 24.1 Å². The van der Waals surface area contributed by atoms with Gasteiger partial charge in [0, 0.05) is 5.41 Å². The van der Waals surface area contributed by atoms with Crippen LogP contribution in [0.15, 0.2) is 17.7 Å². The van der Waals surface area contributed by atoms with Gasteiger partial charge in [-0.2, -0.15) is 0 Å². The molecule has 6 rings (SSSR count). The Morgan fingerprint density at radius 3 is 2.76 bits per heavy atom. The second-order valence-corrected chi connectivity index (χ2v) is 11.7. The lowest BCUT2D eigenvalue weighted by molar-refractivity contribution is -0.141. The number of allylic oxidation sites excluding steroid dienone is 1. The van der Waals surface area contributed by atoms with Crippen LogP contribution in [-0.2, 0) is 4.79 Å². The average molecular weight is 453 g/mol. The topological polar surface area (TPSA) is 65.0 Å². The Morgan fingerprint density at radius 2 is 1.94 bits per heavy atom. The lowest BCUT2D eigenvalue weighted by atomic mass is 9.45. The number of aliphatic hydroxyl groups excluding tert-OH is 1. The summed E-state index contributed by atoms with van der Waals surface area (Å²) in [6.07, 6.45) is 10.4. The zero-order valence-electron chi connectivity index (χ0n) is 20.1. The second kappa shape index (κ2) is 7.49. The first-order chi connectivity index (χ1) is 15.8. The van der Waals surface area contributed by atoms with Crippen LogP contribution in [0.1, 0.15) is 70.8 Å². The maximum absolute atomic E-state index is 13.7. The quantitative estimate of drug-likeness (QED) is 0.610. The molecule has 4 saturated carbocycles. The standard InChI is InChI=1S/C28H36O5/c1-27-8-6-19(29)14-18(27)4-5-20-21(27)7-9-28(2)22(20)13-17(26(28)30)10-16-11-23(31-3)25-24(12-16)32-15-33-25/h10-12,18-22,29H,4-9,13-15H2,1-3H3/b17-10+/t18-,19-,20+,21-,22-,27-,28-/m0/s1. The number of carbonyl (C=O) groups excluding carboxylic acids is 1. The van der Waals surface area contributed by atoms with Gasteiger partial charge in [-0.05, 0) is 110 Å². The molecular formula is C28H36O5. The average Bonchev–Trinajstić information content (AvgIpc) is 3.37. The molecule has 1 N–H and O–H groups in total. The molecule has 1 aliphatic heterocycles. The molecule has 5 nitrogen and oxygen atoms in total. The molecule has 0 radical (unpaired) electrons. The summed E-state index contributed by atoms with van der Waals surface area (Å²) in [7, 11) is 1.63. The van der Waals surface area contributed by atoms with Gasteiger partial charge in [-0.15, -0.1) is 0 Å². The molecule has 0 unspecified atom stereocenters. The number of methoxy groups -OCH3 is 1. The van der Waals surface area contributed by atoms with Crippen LogP contribution in [0, 0.1) is 34.5 Å². The van der Waals surface area contributed by atoms with Crippen LogP contribution in [0.5, 0.6) is 17.2 Å². The molecule has 4 aliphatic carbocycles. The Hall–Kier alpha value is -2.01. The molecule has 5 heteroatoms.